The van der Waals surface area contributed by atoms with Gasteiger partial charge in [0.15, 0.2) is 0 Å². The molecule has 1 N–H and O–H groups in total. The highest BCUT2D eigenvalue weighted by atomic mass is 16.5. The van der Waals surface area contributed by atoms with Crippen molar-refractivity contribution < 1.29 is 9.84 Å². The van der Waals surface area contributed by atoms with Gasteiger partial charge in [0.1, 0.15) is 0 Å². The molecule has 3 nitrogen and oxygen atoms in total. The highest BCUT2D eigenvalue weighted by Crippen LogP contribution is 2.17. The summed E-state index contributed by atoms with van der Waals surface area (Å²) < 4.78 is 5.27. The normalized spacial score (nSPS) is 24.4. The van der Waals surface area contributed by atoms with Gasteiger partial charge in [0.2, 0.25) is 0 Å². The first-order chi connectivity index (χ1) is 6.77. The van der Waals surface area contributed by atoms with E-state index >= 15 is 0 Å². The highest BCUT2D eigenvalue weighted by Gasteiger charge is 2.24. The Bertz CT molecular complexity index is 146. The van der Waals surface area contributed by atoms with Crippen LogP contribution in [0, 0.1) is 5.92 Å². The first kappa shape index (κ1) is 12.0. The van der Waals surface area contributed by atoms with Crippen molar-refractivity contribution in [1.29, 1.82) is 0 Å². The molecule has 14 heavy (non-hydrogen) atoms. The van der Waals surface area contributed by atoms with Crippen molar-refractivity contribution >= 4 is 0 Å². The van der Waals surface area contributed by atoms with E-state index in [0.29, 0.717) is 5.92 Å². The number of hydrogen-bond acceptors (Lipinski definition) is 3. The fraction of sp³-hybridized carbons (Fsp3) is 1.00. The zero-order valence-corrected chi connectivity index (χ0v) is 9.41. The summed E-state index contributed by atoms with van der Waals surface area (Å²) in [7, 11) is 0. The monoisotopic (exact) mass is 201 g/mol. The quantitative estimate of drug-likeness (QED) is 0.699. The second-order valence-corrected chi connectivity index (χ2v) is 4.08. The van der Waals surface area contributed by atoms with Gasteiger partial charge in [0, 0.05) is 19.1 Å². The maximum atomic E-state index is 9.96. The number of likely N-dealkylation sites (N-methyl/N-ethyl adjacent to an activating group) is 1. The van der Waals surface area contributed by atoms with Crippen LogP contribution in [-0.2, 0) is 4.74 Å². The lowest BCUT2D eigenvalue weighted by molar-refractivity contribution is 0.0574. The Hall–Kier alpha value is -0.120. The van der Waals surface area contributed by atoms with Gasteiger partial charge in [0.05, 0.1) is 12.7 Å². The number of nitrogens with zero attached hydrogens (tertiary/aromatic N) is 1. The molecule has 1 aliphatic rings. The van der Waals surface area contributed by atoms with Crippen LogP contribution in [-0.4, -0.2) is 49.0 Å². The summed E-state index contributed by atoms with van der Waals surface area (Å²) in [5.74, 6) is 0.362. The van der Waals surface area contributed by atoms with Gasteiger partial charge in [-0.05, 0) is 25.9 Å². The van der Waals surface area contributed by atoms with Gasteiger partial charge in [-0.1, -0.05) is 13.8 Å². The molecule has 1 saturated heterocycles. The molecular formula is C11H23NO2. The van der Waals surface area contributed by atoms with E-state index in [4.69, 9.17) is 4.74 Å². The zero-order valence-electron chi connectivity index (χ0n) is 9.41. The summed E-state index contributed by atoms with van der Waals surface area (Å²) in [6, 6.07) is 0. The largest absolute Gasteiger partial charge is 0.391 e. The van der Waals surface area contributed by atoms with Gasteiger partial charge in [-0.25, -0.2) is 0 Å². The van der Waals surface area contributed by atoms with Gasteiger partial charge in [-0.15, -0.1) is 0 Å². The molecule has 1 fully saturated rings. The van der Waals surface area contributed by atoms with Crippen LogP contribution in [0.5, 0.6) is 0 Å². The van der Waals surface area contributed by atoms with E-state index < -0.39 is 0 Å². The molecule has 3 heteroatoms. The topological polar surface area (TPSA) is 32.7 Å². The van der Waals surface area contributed by atoms with Crippen LogP contribution in [0.15, 0.2) is 0 Å². The molecule has 0 saturated carbocycles. The molecule has 0 aromatic carbocycles. The second-order valence-electron chi connectivity index (χ2n) is 4.08. The Morgan fingerprint density at radius 3 is 2.79 bits per heavy atom. The standard InChI is InChI=1S/C11H23NO2/c1-3-6-12(4-2)8-11(13)10-5-7-14-9-10/h10-11,13H,3-9H2,1-2H3. The molecule has 1 rings (SSSR count). The van der Waals surface area contributed by atoms with E-state index in [0.717, 1.165) is 45.7 Å². The lowest BCUT2D eigenvalue weighted by atomic mass is 10.0. The second kappa shape index (κ2) is 6.38. The summed E-state index contributed by atoms with van der Waals surface area (Å²) in [4.78, 5) is 2.31. The van der Waals surface area contributed by atoms with Crippen molar-refractivity contribution in [2.45, 2.75) is 32.8 Å². The molecule has 0 aromatic rings. The lowest BCUT2D eigenvalue weighted by Crippen LogP contribution is -2.37. The predicted octanol–water partition coefficient (Wildman–Crippen LogP) is 1.12. The van der Waals surface area contributed by atoms with Gasteiger partial charge in [-0.2, -0.15) is 0 Å². The number of ether oxygens (including phenoxy) is 1. The van der Waals surface area contributed by atoms with E-state index in [-0.39, 0.29) is 6.10 Å². The van der Waals surface area contributed by atoms with Crippen molar-refractivity contribution in [2.75, 3.05) is 32.8 Å². The maximum absolute atomic E-state index is 9.96. The molecule has 0 radical (unpaired) electrons. The third-order valence-electron chi connectivity index (χ3n) is 2.94. The SMILES string of the molecule is CCCN(CC)CC(O)C1CCOC1. The van der Waals surface area contributed by atoms with Crippen molar-refractivity contribution in [1.82, 2.24) is 4.90 Å². The fourth-order valence-corrected chi connectivity index (χ4v) is 1.96. The van der Waals surface area contributed by atoms with Crippen LogP contribution in [0.4, 0.5) is 0 Å². The van der Waals surface area contributed by atoms with E-state index in [1.165, 1.54) is 0 Å². The summed E-state index contributed by atoms with van der Waals surface area (Å²) in [5, 5.41) is 9.96. The number of rotatable bonds is 6. The molecule has 0 aromatic heterocycles. The minimum absolute atomic E-state index is 0.205. The summed E-state index contributed by atoms with van der Waals surface area (Å²) >= 11 is 0. The Morgan fingerprint density at radius 2 is 2.29 bits per heavy atom. The van der Waals surface area contributed by atoms with Crippen molar-refractivity contribution in [2.24, 2.45) is 5.92 Å². The molecule has 1 aliphatic heterocycles. The first-order valence-electron chi connectivity index (χ1n) is 5.76. The Kier molecular flexibility index (Phi) is 5.45. The average molecular weight is 201 g/mol. The average Bonchev–Trinajstić information content (AvgIpc) is 2.69. The van der Waals surface area contributed by atoms with Gasteiger partial charge in [0.25, 0.3) is 0 Å². The molecule has 2 atom stereocenters. The molecule has 2 unspecified atom stereocenters. The van der Waals surface area contributed by atoms with Crippen molar-refractivity contribution in [3.63, 3.8) is 0 Å². The van der Waals surface area contributed by atoms with E-state index in [1.807, 2.05) is 0 Å². The highest BCUT2D eigenvalue weighted by molar-refractivity contribution is 4.75. The first-order valence-corrected chi connectivity index (χ1v) is 5.76. The molecule has 0 spiro atoms. The van der Waals surface area contributed by atoms with Crippen LogP contribution in [0.1, 0.15) is 26.7 Å². The Labute approximate surface area is 87.1 Å². The van der Waals surface area contributed by atoms with Crippen LogP contribution in [0.2, 0.25) is 0 Å². The number of aliphatic hydroxyl groups is 1. The summed E-state index contributed by atoms with van der Waals surface area (Å²) in [6.45, 7) is 8.80. The zero-order chi connectivity index (χ0) is 10.4. The molecule has 1 heterocycles. The minimum Gasteiger partial charge on any atom is -0.391 e. The third kappa shape index (κ3) is 3.56. The van der Waals surface area contributed by atoms with E-state index in [1.54, 1.807) is 0 Å². The molecular weight excluding hydrogens is 178 g/mol. The Balaban J connectivity index is 2.25. The van der Waals surface area contributed by atoms with Crippen molar-refractivity contribution in [3.8, 4) is 0 Å². The Morgan fingerprint density at radius 1 is 1.50 bits per heavy atom. The van der Waals surface area contributed by atoms with Crippen LogP contribution in [0.25, 0.3) is 0 Å². The maximum Gasteiger partial charge on any atom is 0.0718 e. The molecule has 84 valence electrons. The molecule has 0 aliphatic carbocycles. The van der Waals surface area contributed by atoms with Gasteiger partial charge in [-0.3, -0.25) is 0 Å². The predicted molar refractivity (Wildman–Crippen MR) is 57.3 cm³/mol. The minimum atomic E-state index is -0.205. The van der Waals surface area contributed by atoms with Gasteiger partial charge >= 0.3 is 0 Å². The third-order valence-corrected chi connectivity index (χ3v) is 2.94. The molecule has 0 bridgehead atoms. The van der Waals surface area contributed by atoms with Crippen LogP contribution in [0.3, 0.4) is 0 Å². The number of aliphatic hydroxyl groups excluding tert-OH is 1. The van der Waals surface area contributed by atoms with Crippen LogP contribution < -0.4 is 0 Å². The molecule has 0 amide bonds. The van der Waals surface area contributed by atoms with E-state index in [2.05, 4.69) is 18.7 Å². The lowest BCUT2D eigenvalue weighted by Gasteiger charge is -2.25. The number of hydrogen-bond donors (Lipinski definition) is 1. The fourth-order valence-electron chi connectivity index (χ4n) is 1.96. The summed E-state index contributed by atoms with van der Waals surface area (Å²) in [6.07, 6.45) is 1.97. The summed E-state index contributed by atoms with van der Waals surface area (Å²) in [5.41, 5.74) is 0. The van der Waals surface area contributed by atoms with Gasteiger partial charge < -0.3 is 14.7 Å². The smallest absolute Gasteiger partial charge is 0.0718 e. The van der Waals surface area contributed by atoms with E-state index in [9.17, 15) is 5.11 Å². The van der Waals surface area contributed by atoms with Crippen molar-refractivity contribution in [3.05, 3.63) is 0 Å². The van der Waals surface area contributed by atoms with Crippen LogP contribution >= 0.6 is 0 Å².